The molecule has 0 aromatic heterocycles. The molecular weight excluding hydrogens is 265 g/mol. The number of aliphatic carboxylic acids is 1. The van der Waals surface area contributed by atoms with Crippen molar-refractivity contribution < 1.29 is 74.6 Å². The maximum Gasteiger partial charge on any atom is 1.00 e. The Balaban J connectivity index is 0.00000225. The third kappa shape index (κ3) is 3.61. The average molecular weight is 269 g/mol. The molecule has 9 heteroatoms. The Hall–Kier alpha value is -0.324. The van der Waals surface area contributed by atoms with Gasteiger partial charge in [-0.15, -0.1) is 0 Å². The second kappa shape index (κ2) is 6.42. The Labute approximate surface area is 134 Å². The summed E-state index contributed by atoms with van der Waals surface area (Å²) >= 11 is 0. The van der Waals surface area contributed by atoms with Crippen molar-refractivity contribution in [2.24, 2.45) is 5.92 Å². The van der Waals surface area contributed by atoms with Gasteiger partial charge in [-0.2, -0.15) is 8.42 Å². The summed E-state index contributed by atoms with van der Waals surface area (Å²) in [5.74, 6) is -3.09. The largest absolute Gasteiger partial charge is 1.00 e. The number of hydrogen-bond acceptors (Lipinski definition) is 6. The predicted octanol–water partition coefficient (Wildman–Crippen LogP) is -4.86. The van der Waals surface area contributed by atoms with Crippen molar-refractivity contribution in [1.82, 2.24) is 0 Å². The summed E-state index contributed by atoms with van der Waals surface area (Å²) in [5, 5.41) is 20.8. The maximum absolute atomic E-state index is 10.6. The topological polar surface area (TPSA) is 117 Å². The normalized spacial score (nSPS) is 18.4. The van der Waals surface area contributed by atoms with E-state index in [1.165, 1.54) is 0 Å². The van der Waals surface area contributed by atoms with Crippen molar-refractivity contribution in [3.63, 3.8) is 0 Å². The summed E-state index contributed by atoms with van der Waals surface area (Å²) in [7, 11) is -2.83. The second-order valence-corrected chi connectivity index (χ2v) is 3.56. The van der Waals surface area contributed by atoms with Crippen molar-refractivity contribution in [2.45, 2.75) is 0 Å². The monoisotopic (exact) mass is 269 g/mol. The van der Waals surface area contributed by atoms with E-state index in [4.69, 9.17) is 0 Å². The Kier molecular flexibility index (Phi) is 6.29. The number of rotatable bonds is 2. The first-order valence-corrected chi connectivity index (χ1v) is 4.72. The van der Waals surface area contributed by atoms with Crippen LogP contribution in [-0.4, -0.2) is 24.2 Å². The maximum atomic E-state index is 10.6. The van der Waals surface area contributed by atoms with Gasteiger partial charge >= 0.3 is 51.4 Å². The van der Waals surface area contributed by atoms with E-state index in [9.17, 15) is 28.4 Å². The Morgan fingerprint density at radius 2 is 2.00 bits per heavy atom. The zero-order valence-electron chi connectivity index (χ0n) is 8.11. The molecule has 0 saturated heterocycles. The van der Waals surface area contributed by atoms with Crippen LogP contribution in [0.15, 0.2) is 23.9 Å². The van der Waals surface area contributed by atoms with Crippen LogP contribution in [0.2, 0.25) is 0 Å². The Bertz CT molecular complexity index is 509. The zero-order valence-corrected chi connectivity index (χ0v) is 12.1. The fourth-order valence-corrected chi connectivity index (χ4v) is 1.63. The van der Waals surface area contributed by atoms with Crippen LogP contribution in [0.25, 0.3) is 0 Å². The van der Waals surface area contributed by atoms with E-state index in [1.54, 1.807) is 0 Å². The number of carbonyl (C=O) groups excluding carboxylic acids is 1. The van der Waals surface area contributed by atoms with E-state index in [-0.39, 0.29) is 51.4 Å². The molecule has 0 amide bonds. The standard InChI is InChI=1S/C7H5NO6S.K/c9-7(10)5-2-1-4(8(11)12)3-6(5)15(13)14;/h1-3,5H,(H,9,10);/q;+1/p-1. The third-order valence-corrected chi connectivity index (χ3v) is 2.47. The van der Waals surface area contributed by atoms with Gasteiger partial charge in [0, 0.05) is 12.2 Å². The molecule has 7 nitrogen and oxygen atoms in total. The van der Waals surface area contributed by atoms with Crippen LogP contribution < -0.4 is 56.5 Å². The van der Waals surface area contributed by atoms with Gasteiger partial charge in [-0.3, -0.25) is 10.1 Å². The molecule has 0 bridgehead atoms. The Morgan fingerprint density at radius 3 is 2.38 bits per heavy atom. The molecule has 0 N–H and O–H groups in total. The van der Waals surface area contributed by atoms with Crippen LogP contribution >= 0.6 is 0 Å². The summed E-state index contributed by atoms with van der Waals surface area (Å²) in [5.41, 5.74) is -0.480. The summed E-state index contributed by atoms with van der Waals surface area (Å²) in [6.45, 7) is 0. The first kappa shape index (κ1) is 15.7. The van der Waals surface area contributed by atoms with Gasteiger partial charge in [-0.1, -0.05) is 6.08 Å². The van der Waals surface area contributed by atoms with E-state index in [0.717, 1.165) is 12.2 Å². The molecule has 1 rings (SSSR count). The van der Waals surface area contributed by atoms with Gasteiger partial charge in [0.25, 0.3) is 5.70 Å². The molecule has 16 heavy (non-hydrogen) atoms. The van der Waals surface area contributed by atoms with Gasteiger partial charge in [-0.25, -0.2) is 0 Å². The van der Waals surface area contributed by atoms with Crippen LogP contribution in [0.1, 0.15) is 0 Å². The molecule has 1 unspecified atom stereocenters. The number of nitro groups is 1. The summed E-state index contributed by atoms with van der Waals surface area (Å²) in [6, 6.07) is 0. The summed E-state index contributed by atoms with van der Waals surface area (Å²) in [4.78, 5) is 19.4. The van der Waals surface area contributed by atoms with Crippen molar-refractivity contribution in [1.29, 1.82) is 0 Å². The molecule has 0 saturated carbocycles. The quantitative estimate of drug-likeness (QED) is 0.215. The third-order valence-electron chi connectivity index (χ3n) is 1.71. The van der Waals surface area contributed by atoms with E-state index in [2.05, 4.69) is 0 Å². The van der Waals surface area contributed by atoms with Crippen molar-refractivity contribution in [2.75, 3.05) is 0 Å². The van der Waals surface area contributed by atoms with Crippen molar-refractivity contribution in [3.05, 3.63) is 34.0 Å². The van der Waals surface area contributed by atoms with Gasteiger partial charge in [-0.05, 0) is 0 Å². The molecule has 80 valence electrons. The van der Waals surface area contributed by atoms with Gasteiger partial charge < -0.3 is 9.90 Å². The molecule has 0 fully saturated rings. The molecule has 1 aliphatic rings. The van der Waals surface area contributed by atoms with Gasteiger partial charge in [0.2, 0.25) is 10.3 Å². The van der Waals surface area contributed by atoms with E-state index in [0.29, 0.717) is 6.08 Å². The minimum absolute atomic E-state index is 0. The van der Waals surface area contributed by atoms with Crippen LogP contribution in [0.5, 0.6) is 0 Å². The fraction of sp³-hybridized carbons (Fsp3) is 0.143. The number of hydrogen-bond donors (Lipinski definition) is 0. The SMILES string of the molecule is O=C([O-])C1C=CC([N+](=O)[O-])=CC1=S(=O)=O.[K+]. The van der Waals surface area contributed by atoms with E-state index in [1.807, 2.05) is 0 Å². The number of allylic oxidation sites excluding steroid dienone is 2. The molecule has 1 atom stereocenters. The molecule has 0 heterocycles. The van der Waals surface area contributed by atoms with Gasteiger partial charge in [0.15, 0.2) is 0 Å². The smallest absolute Gasteiger partial charge is 0.549 e. The molecule has 1 aliphatic carbocycles. The molecule has 0 spiro atoms. The fourth-order valence-electron chi connectivity index (χ4n) is 1.03. The summed E-state index contributed by atoms with van der Waals surface area (Å²) in [6.07, 6.45) is 2.53. The van der Waals surface area contributed by atoms with Crippen LogP contribution in [0.3, 0.4) is 0 Å². The van der Waals surface area contributed by atoms with Crippen LogP contribution in [-0.2, 0) is 15.1 Å². The van der Waals surface area contributed by atoms with Crippen molar-refractivity contribution >= 4 is 21.1 Å². The molecule has 0 aromatic rings. The Morgan fingerprint density at radius 1 is 1.44 bits per heavy atom. The van der Waals surface area contributed by atoms with Gasteiger partial charge in [0.05, 0.1) is 21.7 Å². The van der Waals surface area contributed by atoms with E-state index < -0.39 is 37.7 Å². The molecular formula is C7H4KNO6S. The molecule has 0 radical (unpaired) electrons. The van der Waals surface area contributed by atoms with E-state index >= 15 is 0 Å². The summed E-state index contributed by atoms with van der Waals surface area (Å²) < 4.78 is 21.2. The average Bonchev–Trinajstić information content (AvgIpc) is 2.16. The number of carboxylic acids is 1. The number of nitrogens with zero attached hydrogens (tertiary/aromatic N) is 1. The molecule has 0 aliphatic heterocycles. The minimum Gasteiger partial charge on any atom is -0.549 e. The van der Waals surface area contributed by atoms with Crippen molar-refractivity contribution in [3.8, 4) is 0 Å². The van der Waals surface area contributed by atoms with Crippen LogP contribution in [0.4, 0.5) is 0 Å². The first-order valence-electron chi connectivity index (χ1n) is 3.64. The number of carbonyl (C=O) groups is 1. The zero-order chi connectivity index (χ0) is 11.6. The van der Waals surface area contributed by atoms with Crippen LogP contribution in [0, 0.1) is 16.0 Å². The minimum atomic E-state index is -2.83. The predicted molar refractivity (Wildman–Crippen MR) is 46.6 cm³/mol. The first-order chi connectivity index (χ1) is 6.93. The second-order valence-electron chi connectivity index (χ2n) is 2.62. The number of carboxylic acid groups (broad SMARTS) is 1. The molecule has 0 aromatic carbocycles. The van der Waals surface area contributed by atoms with Gasteiger partial charge in [0.1, 0.15) is 0 Å².